The van der Waals surface area contributed by atoms with Crippen molar-refractivity contribution in [3.05, 3.63) is 48.2 Å². The van der Waals surface area contributed by atoms with Crippen LogP contribution in [0.5, 0.6) is 0 Å². The highest BCUT2D eigenvalue weighted by Gasteiger charge is 2.11. The fourth-order valence-electron chi connectivity index (χ4n) is 2.06. The molecule has 0 unspecified atom stereocenters. The van der Waals surface area contributed by atoms with Crippen molar-refractivity contribution in [1.29, 1.82) is 0 Å². The van der Waals surface area contributed by atoms with E-state index in [1.807, 2.05) is 29.0 Å². The van der Waals surface area contributed by atoms with Gasteiger partial charge in [0.15, 0.2) is 0 Å². The number of rotatable bonds is 4. The van der Waals surface area contributed by atoms with Gasteiger partial charge in [0, 0.05) is 22.7 Å². The Morgan fingerprint density at radius 1 is 1.39 bits per heavy atom. The van der Waals surface area contributed by atoms with Crippen LogP contribution in [0.3, 0.4) is 0 Å². The number of para-hydroxylation sites is 1. The van der Waals surface area contributed by atoms with Crippen LogP contribution in [-0.2, 0) is 16.1 Å². The molecule has 1 aromatic heterocycles. The molecule has 18 heavy (non-hydrogen) atoms. The lowest BCUT2D eigenvalue weighted by molar-refractivity contribution is -0.138. The highest BCUT2D eigenvalue weighted by Crippen LogP contribution is 2.21. The summed E-state index contributed by atoms with van der Waals surface area (Å²) in [6.07, 6.45) is 2.04. The zero-order valence-electron chi connectivity index (χ0n) is 10.8. The molecule has 0 fully saturated rings. The Morgan fingerprint density at radius 3 is 2.83 bits per heavy atom. The molecule has 0 amide bonds. The fraction of sp³-hybridized carbons (Fsp3) is 0.267. The first-order chi connectivity index (χ1) is 8.63. The van der Waals surface area contributed by atoms with E-state index in [9.17, 15) is 4.79 Å². The summed E-state index contributed by atoms with van der Waals surface area (Å²) in [5.74, 6) is -0.326. The predicted molar refractivity (Wildman–Crippen MR) is 72.4 cm³/mol. The molecule has 2 rings (SSSR count). The van der Waals surface area contributed by atoms with E-state index in [0.717, 1.165) is 5.52 Å². The van der Waals surface area contributed by atoms with Crippen molar-refractivity contribution in [2.45, 2.75) is 20.4 Å². The molecule has 3 nitrogen and oxygen atoms in total. The number of fused-ring (bicyclic) bond motifs is 1. The van der Waals surface area contributed by atoms with E-state index in [1.165, 1.54) is 10.9 Å². The normalized spacial score (nSPS) is 10.6. The Morgan fingerprint density at radius 2 is 2.11 bits per heavy atom. The van der Waals surface area contributed by atoms with Crippen molar-refractivity contribution in [1.82, 2.24) is 4.57 Å². The smallest absolute Gasteiger partial charge is 0.335 e. The molecule has 0 radical (unpaired) electrons. The first-order valence-corrected chi connectivity index (χ1v) is 6.03. The molecule has 0 aliphatic heterocycles. The minimum Gasteiger partial charge on any atom is -0.463 e. The van der Waals surface area contributed by atoms with E-state index in [1.54, 1.807) is 6.92 Å². The monoisotopic (exact) mass is 243 g/mol. The van der Waals surface area contributed by atoms with Gasteiger partial charge >= 0.3 is 5.97 Å². The molecule has 0 atom stereocenters. The molecule has 0 aliphatic rings. The van der Waals surface area contributed by atoms with Crippen LogP contribution in [0.4, 0.5) is 0 Å². The largest absolute Gasteiger partial charge is 0.463 e. The maximum Gasteiger partial charge on any atom is 0.335 e. The molecule has 0 aliphatic carbocycles. The van der Waals surface area contributed by atoms with Gasteiger partial charge in [0.25, 0.3) is 0 Å². The molecular weight excluding hydrogens is 226 g/mol. The lowest BCUT2D eigenvalue weighted by Crippen LogP contribution is -2.11. The van der Waals surface area contributed by atoms with Crippen LogP contribution in [0.15, 0.2) is 42.6 Å². The number of carbonyl (C=O) groups excluding carboxylic acids is 1. The van der Waals surface area contributed by atoms with Gasteiger partial charge in [0.2, 0.25) is 0 Å². The van der Waals surface area contributed by atoms with Crippen LogP contribution in [-0.4, -0.2) is 17.1 Å². The number of hydrogen-bond donors (Lipinski definition) is 0. The number of ether oxygens (including phenoxy) is 1. The van der Waals surface area contributed by atoms with E-state index < -0.39 is 0 Å². The Balaban J connectivity index is 2.27. The Hall–Kier alpha value is -2.03. The van der Waals surface area contributed by atoms with Crippen molar-refractivity contribution in [2.75, 3.05) is 6.61 Å². The number of esters is 1. The summed E-state index contributed by atoms with van der Waals surface area (Å²) in [5.41, 5.74) is 2.78. The van der Waals surface area contributed by atoms with Crippen LogP contribution in [0.2, 0.25) is 0 Å². The van der Waals surface area contributed by atoms with E-state index in [2.05, 4.69) is 19.6 Å². The van der Waals surface area contributed by atoms with Gasteiger partial charge in [0.05, 0.1) is 13.2 Å². The topological polar surface area (TPSA) is 31.2 Å². The van der Waals surface area contributed by atoms with Crippen LogP contribution in [0.1, 0.15) is 12.5 Å². The number of benzene rings is 1. The molecule has 1 aromatic carbocycles. The molecule has 0 saturated heterocycles. The second-order valence-electron chi connectivity index (χ2n) is 4.28. The summed E-state index contributed by atoms with van der Waals surface area (Å²) in [6, 6.07) is 8.13. The lowest BCUT2D eigenvalue weighted by atomic mass is 10.2. The van der Waals surface area contributed by atoms with Gasteiger partial charge in [-0.05, 0) is 25.5 Å². The molecule has 0 saturated carbocycles. The fourth-order valence-corrected chi connectivity index (χ4v) is 2.06. The summed E-state index contributed by atoms with van der Waals surface area (Å²) in [7, 11) is 0. The van der Waals surface area contributed by atoms with Gasteiger partial charge in [-0.1, -0.05) is 24.8 Å². The van der Waals surface area contributed by atoms with Crippen LogP contribution >= 0.6 is 0 Å². The SMILES string of the molecule is C=C(Cn1cc(C)c2ccccc21)C(=O)OCC. The third-order valence-corrected chi connectivity index (χ3v) is 2.91. The minimum absolute atomic E-state index is 0.326. The van der Waals surface area contributed by atoms with Crippen molar-refractivity contribution in [3.8, 4) is 0 Å². The van der Waals surface area contributed by atoms with E-state index in [-0.39, 0.29) is 5.97 Å². The Labute approximate surface area is 107 Å². The first kappa shape index (κ1) is 12.4. The summed E-state index contributed by atoms with van der Waals surface area (Å²) >= 11 is 0. The molecule has 2 aromatic rings. The average Bonchev–Trinajstić information content (AvgIpc) is 2.67. The van der Waals surface area contributed by atoms with Crippen LogP contribution in [0.25, 0.3) is 10.9 Å². The minimum atomic E-state index is -0.326. The zero-order valence-corrected chi connectivity index (χ0v) is 10.8. The third kappa shape index (κ3) is 2.30. The summed E-state index contributed by atoms with van der Waals surface area (Å²) < 4.78 is 6.97. The number of aromatic nitrogens is 1. The van der Waals surface area contributed by atoms with Gasteiger partial charge in [0.1, 0.15) is 0 Å². The van der Waals surface area contributed by atoms with Gasteiger partial charge in [-0.15, -0.1) is 0 Å². The van der Waals surface area contributed by atoms with Crippen molar-refractivity contribution in [3.63, 3.8) is 0 Å². The highest BCUT2D eigenvalue weighted by molar-refractivity contribution is 5.88. The van der Waals surface area contributed by atoms with E-state index in [0.29, 0.717) is 18.7 Å². The van der Waals surface area contributed by atoms with Gasteiger partial charge in [-0.3, -0.25) is 0 Å². The highest BCUT2D eigenvalue weighted by atomic mass is 16.5. The predicted octanol–water partition coefficient (Wildman–Crippen LogP) is 3.07. The number of nitrogens with zero attached hydrogens (tertiary/aromatic N) is 1. The second-order valence-corrected chi connectivity index (χ2v) is 4.28. The quantitative estimate of drug-likeness (QED) is 0.610. The maximum absolute atomic E-state index is 11.6. The number of hydrogen-bond acceptors (Lipinski definition) is 2. The second kappa shape index (κ2) is 5.08. The molecule has 0 spiro atoms. The molecule has 3 heteroatoms. The van der Waals surface area contributed by atoms with Crippen LogP contribution in [0, 0.1) is 6.92 Å². The molecule has 0 N–H and O–H groups in total. The Bertz CT molecular complexity index is 596. The molecular formula is C15H17NO2. The van der Waals surface area contributed by atoms with Crippen molar-refractivity contribution >= 4 is 16.9 Å². The van der Waals surface area contributed by atoms with Gasteiger partial charge in [-0.25, -0.2) is 4.79 Å². The van der Waals surface area contributed by atoms with Crippen LogP contribution < -0.4 is 0 Å². The lowest BCUT2D eigenvalue weighted by Gasteiger charge is -2.07. The first-order valence-electron chi connectivity index (χ1n) is 6.03. The van der Waals surface area contributed by atoms with Gasteiger partial charge < -0.3 is 9.30 Å². The zero-order chi connectivity index (χ0) is 13.1. The molecule has 0 bridgehead atoms. The average molecular weight is 243 g/mol. The maximum atomic E-state index is 11.6. The molecule has 1 heterocycles. The van der Waals surface area contributed by atoms with E-state index >= 15 is 0 Å². The number of aryl methyl sites for hydroxylation is 1. The summed E-state index contributed by atoms with van der Waals surface area (Å²) in [6.45, 7) is 8.49. The van der Waals surface area contributed by atoms with Crippen molar-refractivity contribution < 1.29 is 9.53 Å². The van der Waals surface area contributed by atoms with Gasteiger partial charge in [-0.2, -0.15) is 0 Å². The number of carbonyl (C=O) groups is 1. The summed E-state index contributed by atoms with van der Waals surface area (Å²) in [4.78, 5) is 11.6. The summed E-state index contributed by atoms with van der Waals surface area (Å²) in [5, 5.41) is 1.20. The standard InChI is InChI=1S/C15H17NO2/c1-4-18-15(17)12(3)10-16-9-11(2)13-7-5-6-8-14(13)16/h5-9H,3-4,10H2,1-2H3. The van der Waals surface area contributed by atoms with E-state index in [4.69, 9.17) is 4.74 Å². The molecule has 94 valence electrons. The third-order valence-electron chi connectivity index (χ3n) is 2.91. The van der Waals surface area contributed by atoms with Crippen molar-refractivity contribution in [2.24, 2.45) is 0 Å². The Kier molecular flexibility index (Phi) is 3.51.